The van der Waals surface area contributed by atoms with Crippen molar-refractivity contribution in [3.05, 3.63) is 41.0 Å². The van der Waals surface area contributed by atoms with E-state index in [0.29, 0.717) is 27.9 Å². The minimum absolute atomic E-state index is 0.0441. The van der Waals surface area contributed by atoms with Crippen LogP contribution in [-0.2, 0) is 11.4 Å². The van der Waals surface area contributed by atoms with E-state index in [-0.39, 0.29) is 6.61 Å². The Hall–Kier alpha value is -2.54. The number of ether oxygens (including phenoxy) is 2. The molecule has 0 radical (unpaired) electrons. The first-order chi connectivity index (χ1) is 10.1. The van der Waals surface area contributed by atoms with Crippen LogP contribution in [0.25, 0.3) is 6.08 Å². The molecule has 1 aromatic heterocycles. The predicted octanol–water partition coefficient (Wildman–Crippen LogP) is 2.41. The Balaban J connectivity index is 2.32. The lowest BCUT2D eigenvalue weighted by atomic mass is 10.1. The molecule has 2 aromatic rings. The Bertz CT molecular complexity index is 655. The van der Waals surface area contributed by atoms with Gasteiger partial charge in [0.2, 0.25) is 12.2 Å². The number of nitrogens with zero attached hydrogens (tertiary/aromatic N) is 2. The smallest absolute Gasteiger partial charge is 0.328 e. The number of carbonyl (C=O) groups is 1. The van der Waals surface area contributed by atoms with Gasteiger partial charge in [0.05, 0.1) is 7.11 Å². The highest BCUT2D eigenvalue weighted by Gasteiger charge is 2.13. The van der Waals surface area contributed by atoms with Crippen LogP contribution in [0.3, 0.4) is 0 Å². The summed E-state index contributed by atoms with van der Waals surface area (Å²) in [6.45, 7) is 0.0441. The summed E-state index contributed by atoms with van der Waals surface area (Å²) < 4.78 is 15.4. The normalized spacial score (nSPS) is 10.8. The molecule has 110 valence electrons. The number of carboxylic acids is 1. The van der Waals surface area contributed by atoms with Crippen molar-refractivity contribution >= 4 is 23.6 Å². The van der Waals surface area contributed by atoms with Gasteiger partial charge in [0, 0.05) is 22.7 Å². The van der Waals surface area contributed by atoms with Gasteiger partial charge in [-0.25, -0.2) is 4.79 Å². The third kappa shape index (κ3) is 3.96. The summed E-state index contributed by atoms with van der Waals surface area (Å²) in [7, 11) is 1.46. The SMILES string of the molecule is COc1cc(Cl)cc(/C=C/C(=O)O)c1OCc1ncon1. The first-order valence-electron chi connectivity index (χ1n) is 5.76. The minimum atomic E-state index is -1.09. The van der Waals surface area contributed by atoms with E-state index in [1.807, 2.05) is 0 Å². The van der Waals surface area contributed by atoms with Gasteiger partial charge in [-0.15, -0.1) is 0 Å². The topological polar surface area (TPSA) is 94.7 Å². The van der Waals surface area contributed by atoms with Gasteiger partial charge < -0.3 is 19.1 Å². The molecule has 7 nitrogen and oxygen atoms in total. The maximum Gasteiger partial charge on any atom is 0.328 e. The number of benzene rings is 1. The van der Waals surface area contributed by atoms with Crippen molar-refractivity contribution in [1.82, 2.24) is 10.1 Å². The lowest BCUT2D eigenvalue weighted by molar-refractivity contribution is -0.131. The number of aliphatic carboxylic acids is 1. The van der Waals surface area contributed by atoms with Gasteiger partial charge in [0.1, 0.15) is 0 Å². The first kappa shape index (κ1) is 14.9. The van der Waals surface area contributed by atoms with Gasteiger partial charge in [-0.1, -0.05) is 16.8 Å². The molecule has 2 rings (SSSR count). The number of methoxy groups -OCH3 is 1. The molecule has 8 heteroatoms. The highest BCUT2D eigenvalue weighted by Crippen LogP contribution is 2.36. The number of hydrogen-bond acceptors (Lipinski definition) is 6. The van der Waals surface area contributed by atoms with Crippen LogP contribution < -0.4 is 9.47 Å². The van der Waals surface area contributed by atoms with Crippen molar-refractivity contribution in [2.75, 3.05) is 7.11 Å². The van der Waals surface area contributed by atoms with E-state index in [2.05, 4.69) is 14.7 Å². The molecule has 0 bridgehead atoms. The van der Waals surface area contributed by atoms with Crippen LogP contribution in [0.5, 0.6) is 11.5 Å². The van der Waals surface area contributed by atoms with E-state index >= 15 is 0 Å². The lowest BCUT2D eigenvalue weighted by Gasteiger charge is -2.13. The number of hydrogen-bond donors (Lipinski definition) is 1. The van der Waals surface area contributed by atoms with Gasteiger partial charge in [-0.3, -0.25) is 0 Å². The molecule has 1 aromatic carbocycles. The highest BCUT2D eigenvalue weighted by molar-refractivity contribution is 6.31. The lowest BCUT2D eigenvalue weighted by Crippen LogP contribution is -2.01. The molecule has 0 spiro atoms. The van der Waals surface area contributed by atoms with Crippen LogP contribution in [-0.4, -0.2) is 28.3 Å². The van der Waals surface area contributed by atoms with Gasteiger partial charge in [0.25, 0.3) is 0 Å². The largest absolute Gasteiger partial charge is 0.493 e. The van der Waals surface area contributed by atoms with E-state index in [0.717, 1.165) is 6.08 Å². The monoisotopic (exact) mass is 310 g/mol. The zero-order valence-corrected chi connectivity index (χ0v) is 11.7. The summed E-state index contributed by atoms with van der Waals surface area (Å²) in [5.41, 5.74) is 0.463. The molecule has 1 heterocycles. The molecular weight excluding hydrogens is 300 g/mol. The summed E-state index contributed by atoms with van der Waals surface area (Å²) >= 11 is 5.96. The maximum absolute atomic E-state index is 10.6. The van der Waals surface area contributed by atoms with Gasteiger partial charge in [0.15, 0.2) is 18.1 Å². The van der Waals surface area contributed by atoms with Gasteiger partial charge in [-0.2, -0.15) is 4.98 Å². The third-order valence-electron chi connectivity index (χ3n) is 2.43. The summed E-state index contributed by atoms with van der Waals surface area (Å²) in [6, 6.07) is 3.13. The first-order valence-corrected chi connectivity index (χ1v) is 6.14. The number of rotatable bonds is 6. The third-order valence-corrected chi connectivity index (χ3v) is 2.64. The maximum atomic E-state index is 10.6. The fourth-order valence-corrected chi connectivity index (χ4v) is 1.79. The van der Waals surface area contributed by atoms with Crippen LogP contribution in [0.4, 0.5) is 0 Å². The van der Waals surface area contributed by atoms with E-state index < -0.39 is 5.97 Å². The van der Waals surface area contributed by atoms with Crippen LogP contribution >= 0.6 is 11.6 Å². The molecule has 0 unspecified atom stereocenters. The van der Waals surface area contributed by atoms with E-state index in [1.165, 1.54) is 19.6 Å². The van der Waals surface area contributed by atoms with Crippen molar-refractivity contribution in [2.45, 2.75) is 6.61 Å². The molecule has 0 aliphatic heterocycles. The molecule has 0 atom stereocenters. The Morgan fingerprint density at radius 3 is 2.95 bits per heavy atom. The summed E-state index contributed by atoms with van der Waals surface area (Å²) in [4.78, 5) is 14.5. The number of carboxylic acid groups (broad SMARTS) is 1. The van der Waals surface area contributed by atoms with E-state index in [1.54, 1.807) is 12.1 Å². The van der Waals surface area contributed by atoms with Crippen LogP contribution in [0.2, 0.25) is 5.02 Å². The fourth-order valence-electron chi connectivity index (χ4n) is 1.57. The summed E-state index contributed by atoms with van der Waals surface area (Å²) in [5, 5.41) is 12.7. The minimum Gasteiger partial charge on any atom is -0.493 e. The zero-order chi connectivity index (χ0) is 15.2. The van der Waals surface area contributed by atoms with Crippen molar-refractivity contribution in [2.24, 2.45) is 0 Å². The standard InChI is InChI=1S/C13H11ClN2O5/c1-19-10-5-9(14)4-8(2-3-12(17)18)13(10)20-6-11-15-7-21-16-11/h2-5,7H,6H2,1H3,(H,17,18)/b3-2+. The second-order valence-electron chi connectivity index (χ2n) is 3.83. The predicted molar refractivity (Wildman–Crippen MR) is 73.3 cm³/mol. The zero-order valence-electron chi connectivity index (χ0n) is 10.9. The van der Waals surface area contributed by atoms with Crippen LogP contribution in [0.1, 0.15) is 11.4 Å². The van der Waals surface area contributed by atoms with Crippen LogP contribution in [0.15, 0.2) is 29.1 Å². The number of halogens is 1. The fraction of sp³-hybridized carbons (Fsp3) is 0.154. The Morgan fingerprint density at radius 2 is 2.33 bits per heavy atom. The van der Waals surface area contributed by atoms with E-state index in [9.17, 15) is 4.79 Å². The average Bonchev–Trinajstić information content (AvgIpc) is 2.96. The van der Waals surface area contributed by atoms with Crippen LogP contribution in [0, 0.1) is 0 Å². The number of aromatic nitrogens is 2. The Morgan fingerprint density at radius 1 is 1.52 bits per heavy atom. The molecule has 0 aliphatic carbocycles. The van der Waals surface area contributed by atoms with E-state index in [4.69, 9.17) is 26.2 Å². The molecule has 0 saturated carbocycles. The molecule has 21 heavy (non-hydrogen) atoms. The molecule has 0 saturated heterocycles. The van der Waals surface area contributed by atoms with Crippen molar-refractivity contribution in [1.29, 1.82) is 0 Å². The second kappa shape index (κ2) is 6.76. The molecule has 0 aliphatic rings. The molecule has 0 amide bonds. The Kier molecular flexibility index (Phi) is 4.78. The summed E-state index contributed by atoms with van der Waals surface area (Å²) in [5.74, 6) is -0.0292. The Labute approximate surface area is 124 Å². The average molecular weight is 311 g/mol. The van der Waals surface area contributed by atoms with Crippen molar-refractivity contribution < 1.29 is 23.9 Å². The summed E-state index contributed by atoms with van der Waals surface area (Å²) in [6.07, 6.45) is 3.53. The molecule has 1 N–H and O–H groups in total. The second-order valence-corrected chi connectivity index (χ2v) is 4.27. The molecular formula is C13H11ClN2O5. The van der Waals surface area contributed by atoms with Crippen molar-refractivity contribution in [3.63, 3.8) is 0 Å². The molecule has 0 fully saturated rings. The quantitative estimate of drug-likeness (QED) is 0.818. The highest BCUT2D eigenvalue weighted by atomic mass is 35.5. The van der Waals surface area contributed by atoms with Gasteiger partial charge >= 0.3 is 5.97 Å². The van der Waals surface area contributed by atoms with Gasteiger partial charge in [-0.05, 0) is 12.1 Å². The van der Waals surface area contributed by atoms with Crippen molar-refractivity contribution in [3.8, 4) is 11.5 Å².